The molecule has 2 aromatic heterocycles. The highest BCUT2D eigenvalue weighted by Crippen LogP contribution is 2.24. The molecule has 1 aromatic carbocycles. The summed E-state index contributed by atoms with van der Waals surface area (Å²) in [6, 6.07) is 12.9. The number of rotatable bonds is 3. The van der Waals surface area contributed by atoms with E-state index in [1.807, 2.05) is 37.3 Å². The van der Waals surface area contributed by atoms with Gasteiger partial charge in [0.2, 0.25) is 11.6 Å². The minimum Gasteiger partial charge on any atom is -0.352 e. The minimum atomic E-state index is -0.317. The van der Waals surface area contributed by atoms with Gasteiger partial charge in [-0.15, -0.1) is 0 Å². The number of aromatic nitrogens is 3. The van der Waals surface area contributed by atoms with Crippen molar-refractivity contribution in [2.45, 2.75) is 6.92 Å². The summed E-state index contributed by atoms with van der Waals surface area (Å²) in [5, 5.41) is 3.01. The van der Waals surface area contributed by atoms with E-state index in [2.05, 4.69) is 20.3 Å². The van der Waals surface area contributed by atoms with Crippen molar-refractivity contribution in [1.29, 1.82) is 0 Å². The van der Waals surface area contributed by atoms with E-state index in [1.54, 1.807) is 18.3 Å². The van der Waals surface area contributed by atoms with Crippen LogP contribution < -0.4 is 5.32 Å². The third-order valence-corrected chi connectivity index (χ3v) is 3.92. The van der Waals surface area contributed by atoms with Gasteiger partial charge in [-0.1, -0.05) is 23.8 Å². The maximum atomic E-state index is 12.7. The Morgan fingerprint density at radius 3 is 2.56 bits per heavy atom. The molecule has 0 bridgehead atoms. The number of H-pyrrole nitrogens is 1. The van der Waals surface area contributed by atoms with Gasteiger partial charge in [0.25, 0.3) is 0 Å². The summed E-state index contributed by atoms with van der Waals surface area (Å²) in [5.74, 6) is -0.218. The van der Waals surface area contributed by atoms with Crippen LogP contribution in [-0.2, 0) is 0 Å². The highest BCUT2D eigenvalue weighted by molar-refractivity contribution is 6.24. The van der Waals surface area contributed by atoms with Gasteiger partial charge in [-0.3, -0.25) is 14.6 Å². The lowest BCUT2D eigenvalue weighted by atomic mass is 10.0. The number of pyridine rings is 1. The molecule has 0 amide bonds. The second-order valence-corrected chi connectivity index (χ2v) is 5.77. The zero-order chi connectivity index (χ0) is 17.4. The molecule has 4 rings (SSSR count). The average molecular weight is 330 g/mol. The Balaban J connectivity index is 1.67. The van der Waals surface area contributed by atoms with Crippen LogP contribution in [0.3, 0.4) is 0 Å². The van der Waals surface area contributed by atoms with Gasteiger partial charge in [0.05, 0.1) is 5.70 Å². The molecule has 0 atom stereocenters. The third-order valence-electron chi connectivity index (χ3n) is 3.92. The number of allylic oxidation sites excluding steroid dienone is 2. The first kappa shape index (κ1) is 15.0. The summed E-state index contributed by atoms with van der Waals surface area (Å²) < 4.78 is 0. The highest BCUT2D eigenvalue weighted by Gasteiger charge is 2.30. The lowest BCUT2D eigenvalue weighted by Gasteiger charge is -2.13. The van der Waals surface area contributed by atoms with Gasteiger partial charge >= 0.3 is 0 Å². The number of aryl methyl sites for hydroxylation is 1. The van der Waals surface area contributed by atoms with Gasteiger partial charge < -0.3 is 10.3 Å². The van der Waals surface area contributed by atoms with Crippen LogP contribution in [0.25, 0.3) is 11.5 Å². The molecule has 3 aromatic rings. The first-order chi connectivity index (χ1) is 12.1. The minimum absolute atomic E-state index is 0.125. The number of carbonyl (C=O) groups excluding carboxylic acids is 2. The molecular weight excluding hydrogens is 316 g/mol. The third kappa shape index (κ3) is 2.74. The van der Waals surface area contributed by atoms with Crippen LogP contribution in [0.2, 0.25) is 0 Å². The Labute approximate surface area is 143 Å². The van der Waals surface area contributed by atoms with Crippen molar-refractivity contribution in [2.75, 3.05) is 5.32 Å². The van der Waals surface area contributed by atoms with Crippen LogP contribution in [-0.4, -0.2) is 26.5 Å². The number of fused-ring (bicyclic) bond motifs is 1. The largest absolute Gasteiger partial charge is 0.352 e. The van der Waals surface area contributed by atoms with Crippen LogP contribution in [0.5, 0.6) is 0 Å². The fourth-order valence-electron chi connectivity index (χ4n) is 2.62. The molecule has 0 aliphatic heterocycles. The number of nitrogens with one attached hydrogen (secondary N) is 2. The molecule has 1 aliphatic carbocycles. The normalized spacial score (nSPS) is 13.4. The Kier molecular flexibility index (Phi) is 3.50. The predicted octanol–water partition coefficient (Wildman–Crippen LogP) is 3.16. The molecular formula is C19H14N4O2. The topological polar surface area (TPSA) is 87.7 Å². The molecule has 0 unspecified atom stereocenters. The lowest BCUT2D eigenvalue weighted by Crippen LogP contribution is -2.21. The number of benzene rings is 1. The number of anilines is 1. The van der Waals surface area contributed by atoms with Gasteiger partial charge in [-0.05, 0) is 31.2 Å². The summed E-state index contributed by atoms with van der Waals surface area (Å²) in [6.45, 7) is 1.98. The summed E-state index contributed by atoms with van der Waals surface area (Å²) in [6.07, 6.45) is 2.91. The maximum absolute atomic E-state index is 12.7. The van der Waals surface area contributed by atoms with E-state index < -0.39 is 0 Å². The van der Waals surface area contributed by atoms with Gasteiger partial charge in [0.15, 0.2) is 5.82 Å². The first-order valence-electron chi connectivity index (χ1n) is 7.77. The van der Waals surface area contributed by atoms with Crippen molar-refractivity contribution < 1.29 is 9.59 Å². The predicted molar refractivity (Wildman–Crippen MR) is 93.4 cm³/mol. The number of carbonyl (C=O) groups is 2. The summed E-state index contributed by atoms with van der Waals surface area (Å²) in [7, 11) is 0. The van der Waals surface area contributed by atoms with Crippen molar-refractivity contribution in [3.8, 4) is 11.5 Å². The molecule has 25 heavy (non-hydrogen) atoms. The Morgan fingerprint density at radius 1 is 1.04 bits per heavy atom. The molecule has 0 spiro atoms. The van der Waals surface area contributed by atoms with Crippen LogP contribution >= 0.6 is 0 Å². The second kappa shape index (κ2) is 5.83. The Bertz CT molecular complexity index is 1000. The van der Waals surface area contributed by atoms with E-state index >= 15 is 0 Å². The fourth-order valence-corrected chi connectivity index (χ4v) is 2.62. The van der Waals surface area contributed by atoms with Gasteiger partial charge in [-0.2, -0.15) is 0 Å². The maximum Gasteiger partial charge on any atom is 0.227 e. The van der Waals surface area contributed by atoms with Gasteiger partial charge in [-0.25, -0.2) is 4.98 Å². The van der Waals surface area contributed by atoms with Crippen molar-refractivity contribution in [2.24, 2.45) is 0 Å². The molecule has 2 heterocycles. The van der Waals surface area contributed by atoms with Crippen molar-refractivity contribution in [1.82, 2.24) is 15.0 Å². The van der Waals surface area contributed by atoms with E-state index in [1.165, 1.54) is 6.08 Å². The molecule has 0 fully saturated rings. The zero-order valence-corrected chi connectivity index (χ0v) is 13.4. The number of ketones is 2. The number of Topliss-reactive ketones (excluding diaryl/α,β-unsaturated/α-hetero) is 1. The summed E-state index contributed by atoms with van der Waals surface area (Å²) >= 11 is 0. The van der Waals surface area contributed by atoms with E-state index in [4.69, 9.17) is 0 Å². The number of hydrogen-bond acceptors (Lipinski definition) is 5. The Hall–Kier alpha value is -3.54. The van der Waals surface area contributed by atoms with E-state index in [0.29, 0.717) is 11.5 Å². The highest BCUT2D eigenvalue weighted by atomic mass is 16.1. The number of nitrogens with zero attached hydrogens (tertiary/aromatic N) is 2. The molecule has 122 valence electrons. The monoisotopic (exact) mass is 330 g/mol. The second-order valence-electron chi connectivity index (χ2n) is 5.77. The van der Waals surface area contributed by atoms with Crippen molar-refractivity contribution in [3.63, 3.8) is 0 Å². The fraction of sp³-hybridized carbons (Fsp3) is 0.0526. The first-order valence-corrected chi connectivity index (χ1v) is 7.77. The van der Waals surface area contributed by atoms with Crippen LogP contribution in [0, 0.1) is 6.92 Å². The van der Waals surface area contributed by atoms with Gasteiger partial charge in [0.1, 0.15) is 17.1 Å². The smallest absolute Gasteiger partial charge is 0.227 e. The van der Waals surface area contributed by atoms with Crippen molar-refractivity contribution >= 4 is 17.3 Å². The molecule has 6 heteroatoms. The summed E-state index contributed by atoms with van der Waals surface area (Å²) in [5.41, 5.74) is 2.96. The van der Waals surface area contributed by atoms with Gasteiger partial charge in [0, 0.05) is 18.0 Å². The lowest BCUT2D eigenvalue weighted by molar-refractivity contribution is 0.0980. The molecule has 0 saturated heterocycles. The SMILES string of the molecule is Cc1ccc(NC2=CC(=O)c3nc(-c4ccccn4)[nH]c3C2=O)cc1. The van der Waals surface area contributed by atoms with E-state index in [0.717, 1.165) is 11.3 Å². The summed E-state index contributed by atoms with van der Waals surface area (Å²) in [4.78, 5) is 36.4. The molecule has 6 nitrogen and oxygen atoms in total. The van der Waals surface area contributed by atoms with Crippen LogP contribution in [0.4, 0.5) is 5.69 Å². The Morgan fingerprint density at radius 2 is 1.84 bits per heavy atom. The van der Waals surface area contributed by atoms with Crippen LogP contribution in [0.1, 0.15) is 26.5 Å². The molecule has 0 saturated carbocycles. The number of imidazole rings is 1. The molecule has 2 N–H and O–H groups in total. The molecule has 0 radical (unpaired) electrons. The number of hydrogen-bond donors (Lipinski definition) is 2. The molecule has 1 aliphatic rings. The van der Waals surface area contributed by atoms with Crippen LogP contribution in [0.15, 0.2) is 60.4 Å². The standard InChI is InChI=1S/C19H14N4O2/c1-11-5-7-12(8-6-11)21-14-10-15(24)16-17(18(14)25)23-19(22-16)13-4-2-3-9-20-13/h2-10,21H,1H3,(H,22,23). The quantitative estimate of drug-likeness (QED) is 0.770. The van der Waals surface area contributed by atoms with E-state index in [-0.39, 0.29) is 28.7 Å². The average Bonchev–Trinajstić information content (AvgIpc) is 3.08. The zero-order valence-electron chi connectivity index (χ0n) is 13.4. The van der Waals surface area contributed by atoms with Crippen molar-refractivity contribution in [3.05, 3.63) is 77.4 Å². The number of aromatic amines is 1. The van der Waals surface area contributed by atoms with E-state index in [9.17, 15) is 9.59 Å².